The Kier molecular flexibility index (Phi) is 5.12. The summed E-state index contributed by atoms with van der Waals surface area (Å²) in [6, 6.07) is 0.600. The van der Waals surface area contributed by atoms with E-state index in [1.165, 1.54) is 20.0 Å². The summed E-state index contributed by atoms with van der Waals surface area (Å²) in [4.78, 5) is 18.1. The van der Waals surface area contributed by atoms with Crippen LogP contribution in [-0.4, -0.2) is 35.5 Å². The zero-order valence-electron chi connectivity index (χ0n) is 11.3. The second-order valence-electron chi connectivity index (χ2n) is 3.97. The molecule has 1 amide bonds. The van der Waals surface area contributed by atoms with E-state index >= 15 is 0 Å². The Labute approximate surface area is 114 Å². The molecule has 1 unspecified atom stereocenters. The molecule has 0 radical (unpaired) electrons. The lowest BCUT2D eigenvalue weighted by Gasteiger charge is -2.15. The highest BCUT2D eigenvalue weighted by Gasteiger charge is 2.35. The third kappa shape index (κ3) is 4.25. The number of alkyl halides is 3. The maximum atomic E-state index is 12.7. The molecule has 6 nitrogen and oxygen atoms in total. The van der Waals surface area contributed by atoms with Gasteiger partial charge in [0.15, 0.2) is 0 Å². The quantitative estimate of drug-likeness (QED) is 0.765. The van der Waals surface area contributed by atoms with Crippen LogP contribution >= 0.6 is 0 Å². The van der Waals surface area contributed by atoms with E-state index in [-0.39, 0.29) is 17.5 Å². The molecular weight excluding hydrogens is 275 g/mol. The summed E-state index contributed by atoms with van der Waals surface area (Å²) in [5.74, 6) is -1.65. The van der Waals surface area contributed by atoms with Crippen molar-refractivity contribution in [2.75, 3.05) is 24.2 Å². The van der Waals surface area contributed by atoms with Crippen molar-refractivity contribution in [3.05, 3.63) is 11.9 Å². The normalized spacial score (nSPS) is 12.7. The van der Waals surface area contributed by atoms with Gasteiger partial charge in [-0.1, -0.05) is 0 Å². The number of aromatic nitrogens is 2. The largest absolute Gasteiger partial charge is 0.451 e. The molecule has 0 aliphatic carbocycles. The van der Waals surface area contributed by atoms with Gasteiger partial charge >= 0.3 is 6.18 Å². The summed E-state index contributed by atoms with van der Waals surface area (Å²) >= 11 is 0. The minimum absolute atomic E-state index is 0.0430. The highest BCUT2D eigenvalue weighted by atomic mass is 19.4. The molecule has 1 atom stereocenters. The number of likely N-dealkylation sites (N-methyl/N-ethyl adjacent to an activating group) is 1. The van der Waals surface area contributed by atoms with Gasteiger partial charge in [-0.15, -0.1) is 0 Å². The van der Waals surface area contributed by atoms with Gasteiger partial charge in [0.25, 0.3) is 0 Å². The highest BCUT2D eigenvalue weighted by molar-refractivity contribution is 5.83. The van der Waals surface area contributed by atoms with E-state index < -0.39 is 18.0 Å². The topological polar surface area (TPSA) is 78.9 Å². The van der Waals surface area contributed by atoms with Gasteiger partial charge in [0.05, 0.1) is 0 Å². The molecular formula is C11H16F3N5O. The zero-order valence-corrected chi connectivity index (χ0v) is 11.3. The Morgan fingerprint density at radius 2 is 1.95 bits per heavy atom. The van der Waals surface area contributed by atoms with Crippen LogP contribution in [0.3, 0.4) is 0 Å². The Morgan fingerprint density at radius 3 is 2.45 bits per heavy atom. The summed E-state index contributed by atoms with van der Waals surface area (Å²) in [6.45, 7) is 3.66. The standard InChI is InChI=1S/C11H16F3N5O/c1-4-16-7-5-8(17-6(2)9(20)15-3)19-10(18-7)11(12,13)14/h5-6H,4H2,1-3H3,(H,15,20)(H2,16,17,18,19). The van der Waals surface area contributed by atoms with Crippen molar-refractivity contribution >= 4 is 17.5 Å². The monoisotopic (exact) mass is 291 g/mol. The molecule has 1 heterocycles. The molecule has 0 spiro atoms. The minimum atomic E-state index is -4.65. The predicted molar refractivity (Wildman–Crippen MR) is 68.3 cm³/mol. The van der Waals surface area contributed by atoms with Crippen molar-refractivity contribution in [1.29, 1.82) is 0 Å². The average molecular weight is 291 g/mol. The van der Waals surface area contributed by atoms with Crippen molar-refractivity contribution in [3.63, 3.8) is 0 Å². The van der Waals surface area contributed by atoms with Gasteiger partial charge in [-0.3, -0.25) is 4.79 Å². The first-order chi connectivity index (χ1) is 9.27. The van der Waals surface area contributed by atoms with Crippen LogP contribution in [0.1, 0.15) is 19.7 Å². The van der Waals surface area contributed by atoms with E-state index in [9.17, 15) is 18.0 Å². The molecule has 0 bridgehead atoms. The second-order valence-corrected chi connectivity index (χ2v) is 3.97. The van der Waals surface area contributed by atoms with Gasteiger partial charge in [-0.25, -0.2) is 9.97 Å². The van der Waals surface area contributed by atoms with E-state index in [0.717, 1.165) is 0 Å². The highest BCUT2D eigenvalue weighted by Crippen LogP contribution is 2.28. The smallest absolute Gasteiger partial charge is 0.370 e. The van der Waals surface area contributed by atoms with Crippen molar-refractivity contribution in [1.82, 2.24) is 15.3 Å². The first kappa shape index (κ1) is 16.0. The molecule has 1 rings (SSSR count). The Hall–Kier alpha value is -2.06. The van der Waals surface area contributed by atoms with Gasteiger partial charge in [0, 0.05) is 19.7 Å². The van der Waals surface area contributed by atoms with E-state index in [1.807, 2.05) is 0 Å². The van der Waals surface area contributed by atoms with Crippen molar-refractivity contribution in [2.24, 2.45) is 0 Å². The molecule has 112 valence electrons. The molecule has 3 N–H and O–H groups in total. The fraction of sp³-hybridized carbons (Fsp3) is 0.545. The van der Waals surface area contributed by atoms with Crippen LogP contribution in [0, 0.1) is 0 Å². The first-order valence-corrected chi connectivity index (χ1v) is 5.96. The average Bonchev–Trinajstić information content (AvgIpc) is 2.36. The number of halogens is 3. The fourth-order valence-corrected chi connectivity index (χ4v) is 1.42. The maximum absolute atomic E-state index is 12.7. The molecule has 0 aliphatic heterocycles. The molecule has 20 heavy (non-hydrogen) atoms. The summed E-state index contributed by atoms with van der Waals surface area (Å²) in [6.07, 6.45) is -4.65. The van der Waals surface area contributed by atoms with Crippen LogP contribution in [0.5, 0.6) is 0 Å². The SMILES string of the molecule is CCNc1cc(NC(C)C(=O)NC)nc(C(F)(F)F)n1. The number of nitrogens with one attached hydrogen (secondary N) is 3. The van der Waals surface area contributed by atoms with E-state index in [2.05, 4.69) is 25.9 Å². The number of carbonyl (C=O) groups excluding carboxylic acids is 1. The van der Waals surface area contributed by atoms with Gasteiger partial charge in [0.2, 0.25) is 11.7 Å². The van der Waals surface area contributed by atoms with Crippen LogP contribution in [0.4, 0.5) is 24.8 Å². The number of rotatable bonds is 5. The van der Waals surface area contributed by atoms with Crippen LogP contribution in [0.2, 0.25) is 0 Å². The third-order valence-corrected chi connectivity index (χ3v) is 2.34. The minimum Gasteiger partial charge on any atom is -0.370 e. The molecule has 0 saturated carbocycles. The molecule has 1 aromatic rings. The summed E-state index contributed by atoms with van der Waals surface area (Å²) in [5, 5.41) is 7.67. The Morgan fingerprint density at radius 1 is 1.35 bits per heavy atom. The molecule has 1 aromatic heterocycles. The van der Waals surface area contributed by atoms with E-state index in [1.54, 1.807) is 6.92 Å². The maximum Gasteiger partial charge on any atom is 0.451 e. The summed E-state index contributed by atoms with van der Waals surface area (Å²) in [7, 11) is 1.44. The van der Waals surface area contributed by atoms with Gasteiger partial charge in [-0.2, -0.15) is 13.2 Å². The van der Waals surface area contributed by atoms with Crippen LogP contribution < -0.4 is 16.0 Å². The zero-order chi connectivity index (χ0) is 15.3. The van der Waals surface area contributed by atoms with Crippen LogP contribution in [0.25, 0.3) is 0 Å². The summed E-state index contributed by atoms with van der Waals surface area (Å²) < 4.78 is 38.1. The van der Waals surface area contributed by atoms with Gasteiger partial charge in [-0.05, 0) is 13.8 Å². The van der Waals surface area contributed by atoms with Crippen molar-refractivity contribution in [3.8, 4) is 0 Å². The molecule has 0 aliphatic rings. The number of nitrogens with zero attached hydrogens (tertiary/aromatic N) is 2. The second kappa shape index (κ2) is 6.40. The molecule has 0 saturated heterocycles. The number of amides is 1. The lowest BCUT2D eigenvalue weighted by atomic mass is 10.3. The van der Waals surface area contributed by atoms with Gasteiger partial charge < -0.3 is 16.0 Å². The van der Waals surface area contributed by atoms with Crippen LogP contribution in [-0.2, 0) is 11.0 Å². The van der Waals surface area contributed by atoms with Gasteiger partial charge in [0.1, 0.15) is 17.7 Å². The lowest BCUT2D eigenvalue weighted by Crippen LogP contribution is -2.35. The Bertz CT molecular complexity index is 478. The Balaban J connectivity index is 3.06. The number of carbonyl (C=O) groups is 1. The van der Waals surface area contributed by atoms with E-state index in [0.29, 0.717) is 6.54 Å². The third-order valence-electron chi connectivity index (χ3n) is 2.34. The molecule has 0 aromatic carbocycles. The molecule has 0 fully saturated rings. The summed E-state index contributed by atoms with van der Waals surface area (Å²) in [5.41, 5.74) is 0. The van der Waals surface area contributed by atoms with Crippen molar-refractivity contribution in [2.45, 2.75) is 26.1 Å². The molecule has 9 heteroatoms. The van der Waals surface area contributed by atoms with Crippen molar-refractivity contribution < 1.29 is 18.0 Å². The lowest BCUT2D eigenvalue weighted by molar-refractivity contribution is -0.144. The fourth-order valence-electron chi connectivity index (χ4n) is 1.42. The number of hydrogen-bond acceptors (Lipinski definition) is 5. The predicted octanol–water partition coefficient (Wildman–Crippen LogP) is 1.47. The van der Waals surface area contributed by atoms with E-state index in [4.69, 9.17) is 0 Å². The van der Waals surface area contributed by atoms with Crippen LogP contribution in [0.15, 0.2) is 6.07 Å². The first-order valence-electron chi connectivity index (χ1n) is 5.96. The number of anilines is 2. The number of hydrogen-bond donors (Lipinski definition) is 3.